The van der Waals surface area contributed by atoms with Crippen LogP contribution in [0.25, 0.3) is 0 Å². The highest BCUT2D eigenvalue weighted by Gasteiger charge is 2.09. The number of halogens is 2. The molecule has 2 aromatic carbocycles. The third-order valence-electron chi connectivity index (χ3n) is 3.31. The van der Waals surface area contributed by atoms with Crippen LogP contribution < -0.4 is 15.4 Å². The van der Waals surface area contributed by atoms with E-state index in [2.05, 4.69) is 20.4 Å². The molecule has 0 amide bonds. The lowest BCUT2D eigenvalue weighted by molar-refractivity contribution is -0.0504. The Hall–Kier alpha value is -2.83. The highest BCUT2D eigenvalue weighted by molar-refractivity contribution is 5.79. The fourth-order valence-electron chi connectivity index (χ4n) is 2.21. The number of guanidine groups is 1. The van der Waals surface area contributed by atoms with Gasteiger partial charge in [-0.3, -0.25) is 0 Å². The first-order chi connectivity index (χ1) is 12.1. The van der Waals surface area contributed by atoms with Gasteiger partial charge in [0.25, 0.3) is 0 Å². The maximum Gasteiger partial charge on any atom is 0.387 e. The van der Waals surface area contributed by atoms with Crippen LogP contribution in [0.3, 0.4) is 0 Å². The molecule has 2 rings (SSSR count). The minimum Gasteiger partial charge on any atom is -0.508 e. The number of hydrogen-bond donors (Lipinski definition) is 3. The van der Waals surface area contributed by atoms with Crippen LogP contribution in [0.15, 0.2) is 53.5 Å². The molecule has 5 nitrogen and oxygen atoms in total. The zero-order valence-electron chi connectivity index (χ0n) is 13.9. The van der Waals surface area contributed by atoms with E-state index in [-0.39, 0.29) is 18.0 Å². The molecule has 0 saturated carbocycles. The monoisotopic (exact) mass is 349 g/mol. The molecule has 0 atom stereocenters. The van der Waals surface area contributed by atoms with Crippen LogP contribution in [-0.2, 0) is 13.1 Å². The van der Waals surface area contributed by atoms with Crippen molar-refractivity contribution in [1.82, 2.24) is 10.6 Å². The first kappa shape index (κ1) is 18.5. The van der Waals surface area contributed by atoms with Gasteiger partial charge in [0.15, 0.2) is 5.96 Å². The Morgan fingerprint density at radius 3 is 2.68 bits per heavy atom. The summed E-state index contributed by atoms with van der Waals surface area (Å²) in [6.07, 6.45) is 0. The smallest absolute Gasteiger partial charge is 0.387 e. The van der Waals surface area contributed by atoms with Gasteiger partial charge >= 0.3 is 6.61 Å². The van der Waals surface area contributed by atoms with Gasteiger partial charge in [0.2, 0.25) is 0 Å². The SMILES string of the molecule is CCNC(=NCc1cccc(O)c1)NCc1ccccc1OC(F)F. The lowest BCUT2D eigenvalue weighted by atomic mass is 10.2. The Balaban J connectivity index is 2.03. The van der Waals surface area contributed by atoms with Crippen molar-refractivity contribution in [2.24, 2.45) is 4.99 Å². The maximum atomic E-state index is 12.5. The van der Waals surface area contributed by atoms with Crippen molar-refractivity contribution in [3.8, 4) is 11.5 Å². The summed E-state index contributed by atoms with van der Waals surface area (Å²) in [6.45, 7) is 0.377. The average Bonchev–Trinajstić information content (AvgIpc) is 2.58. The third kappa shape index (κ3) is 6.29. The van der Waals surface area contributed by atoms with E-state index in [4.69, 9.17) is 0 Å². The van der Waals surface area contributed by atoms with Crippen molar-refractivity contribution < 1.29 is 18.6 Å². The van der Waals surface area contributed by atoms with E-state index < -0.39 is 6.61 Å². The number of phenolic OH excluding ortho intramolecular Hbond substituents is 1. The second-order valence-corrected chi connectivity index (χ2v) is 5.20. The molecule has 0 saturated heterocycles. The number of hydrogen-bond acceptors (Lipinski definition) is 3. The minimum atomic E-state index is -2.87. The number of benzene rings is 2. The second kappa shape index (κ2) is 9.46. The number of nitrogens with one attached hydrogen (secondary N) is 2. The van der Waals surface area contributed by atoms with Gasteiger partial charge in [-0.2, -0.15) is 8.78 Å². The Morgan fingerprint density at radius 2 is 1.96 bits per heavy atom. The largest absolute Gasteiger partial charge is 0.508 e. The molecule has 3 N–H and O–H groups in total. The van der Waals surface area contributed by atoms with Crippen molar-refractivity contribution in [3.05, 3.63) is 59.7 Å². The molecule has 0 aliphatic carbocycles. The summed E-state index contributed by atoms with van der Waals surface area (Å²) in [5.74, 6) is 0.857. The van der Waals surface area contributed by atoms with Gasteiger partial charge in [0, 0.05) is 18.7 Å². The fourth-order valence-corrected chi connectivity index (χ4v) is 2.21. The lowest BCUT2D eigenvalue weighted by Gasteiger charge is -2.14. The Kier molecular flexibility index (Phi) is 7.00. The van der Waals surface area contributed by atoms with Gasteiger partial charge < -0.3 is 20.5 Å². The highest BCUT2D eigenvalue weighted by Crippen LogP contribution is 2.20. The fraction of sp³-hybridized carbons (Fsp3) is 0.278. The van der Waals surface area contributed by atoms with Crippen LogP contribution in [0.1, 0.15) is 18.1 Å². The van der Waals surface area contributed by atoms with Crippen molar-refractivity contribution in [2.75, 3.05) is 6.54 Å². The van der Waals surface area contributed by atoms with Crippen LogP contribution >= 0.6 is 0 Å². The molecule has 0 spiro atoms. The predicted octanol–water partition coefficient (Wildman–Crippen LogP) is 3.25. The number of ether oxygens (including phenoxy) is 1. The highest BCUT2D eigenvalue weighted by atomic mass is 19.3. The first-order valence-electron chi connectivity index (χ1n) is 7.91. The van der Waals surface area contributed by atoms with Crippen molar-refractivity contribution in [2.45, 2.75) is 26.6 Å². The summed E-state index contributed by atoms with van der Waals surface area (Å²) in [4.78, 5) is 4.42. The van der Waals surface area contributed by atoms with Crippen molar-refractivity contribution in [3.63, 3.8) is 0 Å². The zero-order chi connectivity index (χ0) is 18.1. The van der Waals surface area contributed by atoms with Gasteiger partial charge in [0.05, 0.1) is 6.54 Å². The molecule has 2 aromatic rings. The number of para-hydroxylation sites is 1. The van der Waals surface area contributed by atoms with Gasteiger partial charge in [-0.15, -0.1) is 0 Å². The Bertz CT molecular complexity index is 708. The Morgan fingerprint density at radius 1 is 1.16 bits per heavy atom. The topological polar surface area (TPSA) is 65.9 Å². The van der Waals surface area contributed by atoms with E-state index in [1.165, 1.54) is 6.07 Å². The average molecular weight is 349 g/mol. The van der Waals surface area contributed by atoms with Crippen LogP contribution in [0.4, 0.5) is 8.78 Å². The quantitative estimate of drug-likeness (QED) is 0.530. The van der Waals surface area contributed by atoms with Crippen molar-refractivity contribution in [1.29, 1.82) is 0 Å². The number of alkyl halides is 2. The molecular formula is C18H21F2N3O2. The van der Waals surface area contributed by atoms with E-state index in [1.54, 1.807) is 36.4 Å². The van der Waals surface area contributed by atoms with Crippen molar-refractivity contribution >= 4 is 5.96 Å². The summed E-state index contributed by atoms with van der Waals surface area (Å²) < 4.78 is 29.4. The first-order valence-corrected chi connectivity index (χ1v) is 7.91. The number of phenols is 1. The molecule has 0 radical (unpaired) electrons. The van der Waals surface area contributed by atoms with Crippen LogP contribution in [0.5, 0.6) is 11.5 Å². The Labute approximate surface area is 145 Å². The number of nitrogens with zero attached hydrogens (tertiary/aromatic N) is 1. The second-order valence-electron chi connectivity index (χ2n) is 5.20. The molecule has 0 fully saturated rings. The van der Waals surface area contributed by atoms with E-state index in [0.29, 0.717) is 24.6 Å². The van der Waals surface area contributed by atoms with Crippen LogP contribution in [0.2, 0.25) is 0 Å². The van der Waals surface area contributed by atoms with Crippen LogP contribution in [-0.4, -0.2) is 24.2 Å². The molecular weight excluding hydrogens is 328 g/mol. The number of rotatable bonds is 7. The van der Waals surface area contributed by atoms with E-state index in [0.717, 1.165) is 5.56 Å². The predicted molar refractivity (Wildman–Crippen MR) is 92.8 cm³/mol. The molecule has 7 heteroatoms. The summed E-state index contributed by atoms with van der Waals surface area (Å²) in [6, 6.07) is 13.4. The molecule has 0 bridgehead atoms. The van der Waals surface area contributed by atoms with E-state index in [9.17, 15) is 13.9 Å². The summed E-state index contributed by atoms with van der Waals surface area (Å²) in [7, 11) is 0. The summed E-state index contributed by atoms with van der Waals surface area (Å²) >= 11 is 0. The van der Waals surface area contributed by atoms with Gasteiger partial charge in [-0.25, -0.2) is 4.99 Å². The third-order valence-corrected chi connectivity index (χ3v) is 3.31. The van der Waals surface area contributed by atoms with E-state index in [1.807, 2.05) is 13.0 Å². The molecule has 0 aliphatic rings. The molecule has 134 valence electrons. The summed E-state index contributed by atoms with van der Waals surface area (Å²) in [5.41, 5.74) is 1.46. The zero-order valence-corrected chi connectivity index (χ0v) is 13.9. The summed E-state index contributed by atoms with van der Waals surface area (Å²) in [5, 5.41) is 15.7. The van der Waals surface area contributed by atoms with Gasteiger partial charge in [0.1, 0.15) is 11.5 Å². The van der Waals surface area contributed by atoms with Gasteiger partial charge in [-0.05, 0) is 30.7 Å². The number of aliphatic imine (C=N–C) groups is 1. The number of aromatic hydroxyl groups is 1. The van der Waals surface area contributed by atoms with E-state index >= 15 is 0 Å². The standard InChI is InChI=1S/C18H21F2N3O2/c1-2-21-18(22-11-13-6-5-8-15(24)10-13)23-12-14-7-3-4-9-16(14)25-17(19)20/h3-10,17,24H,2,11-12H2,1H3,(H2,21,22,23). The molecule has 0 heterocycles. The minimum absolute atomic E-state index is 0.133. The lowest BCUT2D eigenvalue weighted by Crippen LogP contribution is -2.36. The maximum absolute atomic E-state index is 12.5. The van der Waals surface area contributed by atoms with Gasteiger partial charge in [-0.1, -0.05) is 30.3 Å². The molecule has 0 aliphatic heterocycles. The molecule has 0 unspecified atom stereocenters. The molecule has 0 aromatic heterocycles. The molecule has 25 heavy (non-hydrogen) atoms. The van der Waals surface area contributed by atoms with Crippen LogP contribution in [0, 0.1) is 0 Å². The normalized spacial score (nSPS) is 11.4.